The molecular formula is C8H14N2O5. The number of nitrogens with one attached hydrogen (secondary N) is 1. The third-order valence-electron chi connectivity index (χ3n) is 1.60. The summed E-state index contributed by atoms with van der Waals surface area (Å²) in [5, 5.41) is 10.4. The lowest BCUT2D eigenvalue weighted by atomic mass is 10.4. The molecule has 0 saturated heterocycles. The van der Waals surface area contributed by atoms with E-state index in [1.54, 1.807) is 6.92 Å². The van der Waals surface area contributed by atoms with Gasteiger partial charge in [-0.2, -0.15) is 0 Å². The standard InChI is InChI=1S/C8H14N2O5/c1-3-10(5-7(12)13)4-6(11)9-8(14)15-2/h3-5H2,1-2H3,(H,12,13)(H,9,11,14). The molecule has 86 valence electrons. The van der Waals surface area contributed by atoms with Crippen LogP contribution < -0.4 is 5.32 Å². The Kier molecular flexibility index (Phi) is 6.03. The molecule has 0 aliphatic rings. The van der Waals surface area contributed by atoms with E-state index >= 15 is 0 Å². The van der Waals surface area contributed by atoms with Gasteiger partial charge in [-0.1, -0.05) is 6.92 Å². The van der Waals surface area contributed by atoms with Crippen LogP contribution >= 0.6 is 0 Å². The number of rotatable bonds is 5. The quantitative estimate of drug-likeness (QED) is 0.632. The molecule has 0 aromatic carbocycles. The fraction of sp³-hybridized carbons (Fsp3) is 0.625. The van der Waals surface area contributed by atoms with Crippen molar-refractivity contribution >= 4 is 18.0 Å². The molecule has 0 aromatic rings. The molecule has 0 radical (unpaired) electrons. The van der Waals surface area contributed by atoms with Gasteiger partial charge in [-0.25, -0.2) is 4.79 Å². The van der Waals surface area contributed by atoms with Crippen molar-refractivity contribution in [2.75, 3.05) is 26.7 Å². The summed E-state index contributed by atoms with van der Waals surface area (Å²) in [5.74, 6) is -1.62. The highest BCUT2D eigenvalue weighted by atomic mass is 16.5. The van der Waals surface area contributed by atoms with Crippen LogP contribution in [-0.2, 0) is 14.3 Å². The van der Waals surface area contributed by atoms with Gasteiger partial charge in [0.05, 0.1) is 20.2 Å². The lowest BCUT2D eigenvalue weighted by Crippen LogP contribution is -2.41. The molecule has 0 spiro atoms. The van der Waals surface area contributed by atoms with Crippen molar-refractivity contribution in [2.45, 2.75) is 6.92 Å². The van der Waals surface area contributed by atoms with E-state index in [1.165, 1.54) is 4.90 Å². The Morgan fingerprint density at radius 3 is 2.33 bits per heavy atom. The number of methoxy groups -OCH3 is 1. The van der Waals surface area contributed by atoms with Crippen molar-refractivity contribution < 1.29 is 24.2 Å². The molecule has 7 heteroatoms. The van der Waals surface area contributed by atoms with Crippen LogP contribution in [-0.4, -0.2) is 54.7 Å². The monoisotopic (exact) mass is 218 g/mol. The first-order valence-corrected chi connectivity index (χ1v) is 4.31. The van der Waals surface area contributed by atoms with Gasteiger partial charge in [0.15, 0.2) is 0 Å². The van der Waals surface area contributed by atoms with Crippen molar-refractivity contribution in [1.82, 2.24) is 10.2 Å². The minimum absolute atomic E-state index is 0.155. The smallest absolute Gasteiger partial charge is 0.413 e. The van der Waals surface area contributed by atoms with Crippen LogP contribution in [0.25, 0.3) is 0 Å². The van der Waals surface area contributed by atoms with Gasteiger partial charge in [-0.15, -0.1) is 0 Å². The lowest BCUT2D eigenvalue weighted by molar-refractivity contribution is -0.138. The number of alkyl carbamates (subject to hydrolysis) is 1. The second-order valence-corrected chi connectivity index (χ2v) is 2.74. The first-order valence-electron chi connectivity index (χ1n) is 4.31. The zero-order valence-electron chi connectivity index (χ0n) is 8.65. The van der Waals surface area contributed by atoms with Gasteiger partial charge >= 0.3 is 12.1 Å². The highest BCUT2D eigenvalue weighted by Gasteiger charge is 2.14. The van der Waals surface area contributed by atoms with Gasteiger partial charge < -0.3 is 9.84 Å². The zero-order chi connectivity index (χ0) is 11.8. The third kappa shape index (κ3) is 6.44. The number of carboxylic acids is 1. The summed E-state index contributed by atoms with van der Waals surface area (Å²) < 4.78 is 4.21. The van der Waals surface area contributed by atoms with E-state index in [0.29, 0.717) is 6.54 Å². The average molecular weight is 218 g/mol. The fourth-order valence-electron chi connectivity index (χ4n) is 0.878. The normalized spacial score (nSPS) is 9.80. The number of carbonyl (C=O) groups is 3. The molecule has 0 aliphatic carbocycles. The van der Waals surface area contributed by atoms with E-state index in [0.717, 1.165) is 7.11 Å². The molecule has 2 N–H and O–H groups in total. The molecule has 0 atom stereocenters. The Hall–Kier alpha value is -1.63. The van der Waals surface area contributed by atoms with Crippen LogP contribution in [0.1, 0.15) is 6.92 Å². The summed E-state index contributed by atoms with van der Waals surface area (Å²) in [6, 6.07) is 0. The topological polar surface area (TPSA) is 95.9 Å². The third-order valence-corrected chi connectivity index (χ3v) is 1.60. The zero-order valence-corrected chi connectivity index (χ0v) is 8.65. The molecule has 0 unspecified atom stereocenters. The summed E-state index contributed by atoms with van der Waals surface area (Å²) in [6.07, 6.45) is -0.855. The predicted octanol–water partition coefficient (Wildman–Crippen LogP) is -0.724. The molecule has 0 aliphatic heterocycles. The Balaban J connectivity index is 4.01. The van der Waals surface area contributed by atoms with Gasteiger partial charge in [0, 0.05) is 0 Å². The van der Waals surface area contributed by atoms with E-state index < -0.39 is 18.0 Å². The summed E-state index contributed by atoms with van der Waals surface area (Å²) in [4.78, 5) is 33.5. The minimum Gasteiger partial charge on any atom is -0.480 e. The molecule has 15 heavy (non-hydrogen) atoms. The van der Waals surface area contributed by atoms with E-state index in [-0.39, 0.29) is 13.1 Å². The number of hydrogen-bond donors (Lipinski definition) is 2. The first kappa shape index (κ1) is 13.4. The number of imide groups is 1. The lowest BCUT2D eigenvalue weighted by Gasteiger charge is -2.16. The van der Waals surface area contributed by atoms with Crippen LogP contribution in [0.4, 0.5) is 4.79 Å². The Bertz CT molecular complexity index is 253. The summed E-state index contributed by atoms with van der Waals surface area (Å²) in [5.41, 5.74) is 0. The number of hydrogen-bond acceptors (Lipinski definition) is 5. The molecule has 2 amide bonds. The molecule has 0 fully saturated rings. The van der Waals surface area contributed by atoms with Gasteiger partial charge in [-0.3, -0.25) is 19.8 Å². The van der Waals surface area contributed by atoms with Crippen molar-refractivity contribution in [3.63, 3.8) is 0 Å². The molecule has 0 rings (SSSR count). The van der Waals surface area contributed by atoms with E-state index in [2.05, 4.69) is 4.74 Å². The van der Waals surface area contributed by atoms with Crippen molar-refractivity contribution in [2.24, 2.45) is 0 Å². The SMILES string of the molecule is CCN(CC(=O)O)CC(=O)NC(=O)OC. The van der Waals surface area contributed by atoms with E-state index in [9.17, 15) is 14.4 Å². The van der Waals surface area contributed by atoms with Gasteiger partial charge in [0.25, 0.3) is 0 Å². The maximum atomic E-state index is 11.1. The maximum Gasteiger partial charge on any atom is 0.413 e. The number of nitrogens with zero attached hydrogens (tertiary/aromatic N) is 1. The van der Waals surface area contributed by atoms with Crippen molar-refractivity contribution in [3.05, 3.63) is 0 Å². The first-order chi connectivity index (χ1) is 6.99. The van der Waals surface area contributed by atoms with Crippen LogP contribution in [0.3, 0.4) is 0 Å². The molecule has 7 nitrogen and oxygen atoms in total. The highest BCUT2D eigenvalue weighted by molar-refractivity contribution is 5.92. The van der Waals surface area contributed by atoms with Crippen LogP contribution in [0.15, 0.2) is 0 Å². The number of carboxylic acid groups (broad SMARTS) is 1. The van der Waals surface area contributed by atoms with Crippen LogP contribution in [0, 0.1) is 0 Å². The van der Waals surface area contributed by atoms with E-state index in [4.69, 9.17) is 5.11 Å². The van der Waals surface area contributed by atoms with Crippen LogP contribution in [0.5, 0.6) is 0 Å². The number of aliphatic carboxylic acids is 1. The van der Waals surface area contributed by atoms with E-state index in [1.807, 2.05) is 5.32 Å². The highest BCUT2D eigenvalue weighted by Crippen LogP contribution is 1.87. The van der Waals surface area contributed by atoms with Crippen LogP contribution in [0.2, 0.25) is 0 Å². The molecule has 0 bridgehead atoms. The Morgan fingerprint density at radius 1 is 1.33 bits per heavy atom. The summed E-state index contributed by atoms with van der Waals surface area (Å²) in [7, 11) is 1.14. The number of ether oxygens (including phenoxy) is 1. The molecule has 0 saturated carbocycles. The van der Waals surface area contributed by atoms with Crippen molar-refractivity contribution in [1.29, 1.82) is 0 Å². The van der Waals surface area contributed by atoms with Gasteiger partial charge in [0.2, 0.25) is 5.91 Å². The second-order valence-electron chi connectivity index (χ2n) is 2.74. The summed E-state index contributed by atoms with van der Waals surface area (Å²) in [6.45, 7) is 1.72. The second kappa shape index (κ2) is 6.77. The molecule has 0 heterocycles. The molecule has 0 aromatic heterocycles. The maximum absolute atomic E-state index is 11.1. The summed E-state index contributed by atoms with van der Waals surface area (Å²) >= 11 is 0. The Labute approximate surface area is 87.0 Å². The van der Waals surface area contributed by atoms with Gasteiger partial charge in [0.1, 0.15) is 0 Å². The fourth-order valence-corrected chi connectivity index (χ4v) is 0.878. The number of amides is 2. The Morgan fingerprint density at radius 2 is 1.93 bits per heavy atom. The largest absolute Gasteiger partial charge is 0.480 e. The molecular weight excluding hydrogens is 204 g/mol. The van der Waals surface area contributed by atoms with Crippen molar-refractivity contribution in [3.8, 4) is 0 Å². The predicted molar refractivity (Wildman–Crippen MR) is 50.3 cm³/mol. The van der Waals surface area contributed by atoms with Gasteiger partial charge in [-0.05, 0) is 6.54 Å². The minimum atomic E-state index is -1.03. The average Bonchev–Trinajstić information content (AvgIpc) is 2.15. The number of carbonyl (C=O) groups excluding carboxylic acids is 2. The number of likely N-dealkylation sites (N-methyl/N-ethyl adjacent to an activating group) is 1.